The summed E-state index contributed by atoms with van der Waals surface area (Å²) in [6.45, 7) is 0.291. The highest BCUT2D eigenvalue weighted by molar-refractivity contribution is 6.04. The number of nitrogens with zero attached hydrogens (tertiary/aromatic N) is 1. The van der Waals surface area contributed by atoms with Crippen LogP contribution in [0.2, 0.25) is 0 Å². The number of imide groups is 1. The monoisotopic (exact) mass is 426 g/mol. The van der Waals surface area contributed by atoms with Gasteiger partial charge in [-0.2, -0.15) is 0 Å². The van der Waals surface area contributed by atoms with Crippen molar-refractivity contribution in [2.75, 3.05) is 13.7 Å². The Morgan fingerprint density at radius 1 is 1.23 bits per heavy atom. The van der Waals surface area contributed by atoms with Crippen LogP contribution in [0.25, 0.3) is 10.9 Å². The molecule has 8 heteroatoms. The summed E-state index contributed by atoms with van der Waals surface area (Å²) in [5, 5.41) is 6.80. The third-order valence-corrected chi connectivity index (χ3v) is 6.32. The molecule has 4 amide bonds. The van der Waals surface area contributed by atoms with Gasteiger partial charge in [0.2, 0.25) is 5.91 Å². The van der Waals surface area contributed by atoms with E-state index < -0.39 is 6.04 Å². The van der Waals surface area contributed by atoms with E-state index >= 15 is 0 Å². The second-order valence-corrected chi connectivity index (χ2v) is 8.41. The second-order valence-electron chi connectivity index (χ2n) is 8.41. The Labute approximate surface area is 181 Å². The maximum Gasteiger partial charge on any atom is 0.324 e. The fourth-order valence-electron chi connectivity index (χ4n) is 4.53. The highest BCUT2D eigenvalue weighted by atomic mass is 16.5. The van der Waals surface area contributed by atoms with Gasteiger partial charge >= 0.3 is 6.03 Å². The number of urea groups is 1. The van der Waals surface area contributed by atoms with Crippen molar-refractivity contribution in [3.8, 4) is 5.75 Å². The third-order valence-electron chi connectivity index (χ3n) is 6.32. The smallest absolute Gasteiger partial charge is 0.324 e. The van der Waals surface area contributed by atoms with Crippen molar-refractivity contribution in [1.82, 2.24) is 20.5 Å². The molecule has 2 heterocycles. The number of rotatable bonds is 8. The lowest BCUT2D eigenvalue weighted by Gasteiger charge is -2.22. The van der Waals surface area contributed by atoms with Crippen LogP contribution < -0.4 is 15.4 Å². The molecule has 8 nitrogen and oxygen atoms in total. The fourth-order valence-corrected chi connectivity index (χ4v) is 4.53. The number of ether oxygens (including phenoxy) is 1. The molecule has 2 fully saturated rings. The van der Waals surface area contributed by atoms with Gasteiger partial charge < -0.3 is 20.4 Å². The molecule has 1 atom stereocenters. The Balaban J connectivity index is 1.29. The van der Waals surface area contributed by atoms with Crippen molar-refractivity contribution in [2.24, 2.45) is 0 Å². The summed E-state index contributed by atoms with van der Waals surface area (Å²) in [5.41, 5.74) is 2.00. The van der Waals surface area contributed by atoms with Crippen LogP contribution in [0.15, 0.2) is 24.4 Å². The van der Waals surface area contributed by atoms with Crippen molar-refractivity contribution in [3.63, 3.8) is 0 Å². The Morgan fingerprint density at radius 3 is 2.81 bits per heavy atom. The van der Waals surface area contributed by atoms with Gasteiger partial charge in [0.1, 0.15) is 11.8 Å². The van der Waals surface area contributed by atoms with Crippen molar-refractivity contribution < 1.29 is 19.1 Å². The van der Waals surface area contributed by atoms with Gasteiger partial charge in [0.25, 0.3) is 5.91 Å². The number of H-pyrrole nitrogens is 1. The SMILES string of the molecule is COc1ccc2[nH]cc(CCN3C(=O)NC(CCC(=O)NC4CCCCC4)C3=O)c2c1. The van der Waals surface area contributed by atoms with Crippen LogP contribution in [0.4, 0.5) is 4.79 Å². The Morgan fingerprint density at radius 2 is 2.03 bits per heavy atom. The fraction of sp³-hybridized carbons (Fsp3) is 0.522. The van der Waals surface area contributed by atoms with Crippen LogP contribution in [0.5, 0.6) is 5.75 Å². The van der Waals surface area contributed by atoms with E-state index in [-0.39, 0.29) is 30.3 Å². The molecule has 1 aromatic carbocycles. The van der Waals surface area contributed by atoms with Crippen LogP contribution >= 0.6 is 0 Å². The zero-order valence-electron chi connectivity index (χ0n) is 17.9. The summed E-state index contributed by atoms with van der Waals surface area (Å²) in [6.07, 6.45) is 8.60. The number of carbonyl (C=O) groups is 3. The molecular weight excluding hydrogens is 396 g/mol. The molecule has 0 spiro atoms. The molecule has 2 aromatic rings. The number of fused-ring (bicyclic) bond motifs is 1. The zero-order chi connectivity index (χ0) is 21.8. The summed E-state index contributed by atoms with van der Waals surface area (Å²) in [6, 6.07) is 5.00. The van der Waals surface area contributed by atoms with Gasteiger partial charge in [-0.15, -0.1) is 0 Å². The minimum Gasteiger partial charge on any atom is -0.497 e. The first-order valence-electron chi connectivity index (χ1n) is 11.1. The highest BCUT2D eigenvalue weighted by Gasteiger charge is 2.37. The van der Waals surface area contributed by atoms with E-state index in [0.29, 0.717) is 19.4 Å². The lowest BCUT2D eigenvalue weighted by molar-refractivity contribution is -0.127. The maximum atomic E-state index is 12.7. The van der Waals surface area contributed by atoms with Gasteiger partial charge in [-0.3, -0.25) is 14.5 Å². The van der Waals surface area contributed by atoms with Gasteiger partial charge in [0, 0.05) is 36.1 Å². The summed E-state index contributed by atoms with van der Waals surface area (Å²) >= 11 is 0. The largest absolute Gasteiger partial charge is 0.497 e. The summed E-state index contributed by atoms with van der Waals surface area (Å²) in [5.74, 6) is 0.461. The van der Waals surface area contributed by atoms with Crippen LogP contribution in [-0.4, -0.2) is 53.5 Å². The molecule has 1 aliphatic heterocycles. The molecule has 2 aliphatic rings. The molecule has 4 rings (SSSR count). The molecule has 1 saturated carbocycles. The van der Waals surface area contributed by atoms with Gasteiger partial charge in [0.15, 0.2) is 0 Å². The standard InChI is InChI=1S/C23H30N4O4/c1-31-17-7-8-19-18(13-17)15(14-24-19)11-12-27-22(29)20(26-23(27)30)9-10-21(28)25-16-5-3-2-4-6-16/h7-8,13-14,16,20,24H,2-6,9-12H2,1H3,(H,25,28)(H,26,30). The number of hydrogen-bond donors (Lipinski definition) is 3. The molecule has 1 aliphatic carbocycles. The maximum absolute atomic E-state index is 12.7. The third kappa shape index (κ3) is 4.84. The normalized spacial score (nSPS) is 19.6. The zero-order valence-corrected chi connectivity index (χ0v) is 17.9. The van der Waals surface area contributed by atoms with E-state index in [0.717, 1.165) is 47.9 Å². The average molecular weight is 427 g/mol. The minimum atomic E-state index is -0.632. The lowest BCUT2D eigenvalue weighted by atomic mass is 9.95. The van der Waals surface area contributed by atoms with Crippen LogP contribution in [0, 0.1) is 0 Å². The Hall–Kier alpha value is -3.03. The molecule has 31 heavy (non-hydrogen) atoms. The number of nitrogens with one attached hydrogen (secondary N) is 3. The Kier molecular flexibility index (Phi) is 6.44. The van der Waals surface area contributed by atoms with E-state index in [2.05, 4.69) is 15.6 Å². The topological polar surface area (TPSA) is 104 Å². The average Bonchev–Trinajstić information content (AvgIpc) is 3.31. The highest BCUT2D eigenvalue weighted by Crippen LogP contribution is 2.24. The van der Waals surface area contributed by atoms with Crippen LogP contribution in [0.1, 0.15) is 50.5 Å². The summed E-state index contributed by atoms with van der Waals surface area (Å²) in [7, 11) is 1.62. The van der Waals surface area contributed by atoms with Crippen molar-refractivity contribution >= 4 is 28.7 Å². The number of aromatic nitrogens is 1. The minimum absolute atomic E-state index is 0.0415. The predicted octanol–water partition coefficient (Wildman–Crippen LogP) is 2.87. The van der Waals surface area contributed by atoms with E-state index in [1.54, 1.807) is 7.11 Å². The first-order valence-corrected chi connectivity index (χ1v) is 11.1. The summed E-state index contributed by atoms with van der Waals surface area (Å²) in [4.78, 5) is 41.8. The molecule has 3 N–H and O–H groups in total. The van der Waals surface area contributed by atoms with Gasteiger partial charge in [-0.25, -0.2) is 4.79 Å². The Bertz CT molecular complexity index is 964. The molecular formula is C23H30N4O4. The van der Waals surface area contributed by atoms with E-state index in [9.17, 15) is 14.4 Å². The number of benzene rings is 1. The number of amides is 4. The first kappa shape index (κ1) is 21.2. The van der Waals surface area contributed by atoms with Crippen LogP contribution in [-0.2, 0) is 16.0 Å². The molecule has 0 radical (unpaired) electrons. The number of hydrogen-bond acceptors (Lipinski definition) is 4. The van der Waals surface area contributed by atoms with Gasteiger partial charge in [-0.1, -0.05) is 19.3 Å². The molecule has 0 bridgehead atoms. The van der Waals surface area contributed by atoms with E-state index in [4.69, 9.17) is 4.74 Å². The van der Waals surface area contributed by atoms with E-state index in [1.807, 2.05) is 24.4 Å². The van der Waals surface area contributed by atoms with Crippen molar-refractivity contribution in [3.05, 3.63) is 30.0 Å². The predicted molar refractivity (Wildman–Crippen MR) is 117 cm³/mol. The van der Waals surface area contributed by atoms with E-state index in [1.165, 1.54) is 11.3 Å². The quantitative estimate of drug-likeness (QED) is 0.565. The first-order chi connectivity index (χ1) is 15.0. The van der Waals surface area contributed by atoms with Crippen molar-refractivity contribution in [2.45, 2.75) is 63.5 Å². The van der Waals surface area contributed by atoms with Gasteiger partial charge in [-0.05, 0) is 49.4 Å². The molecule has 166 valence electrons. The van der Waals surface area contributed by atoms with Crippen molar-refractivity contribution in [1.29, 1.82) is 0 Å². The molecule has 1 saturated heterocycles. The number of aromatic amines is 1. The summed E-state index contributed by atoms with van der Waals surface area (Å²) < 4.78 is 5.29. The second kappa shape index (κ2) is 9.41. The van der Waals surface area contributed by atoms with Gasteiger partial charge in [0.05, 0.1) is 7.11 Å². The molecule has 1 aromatic heterocycles. The number of carbonyl (C=O) groups excluding carboxylic acids is 3. The number of methoxy groups -OCH3 is 1. The lowest BCUT2D eigenvalue weighted by Crippen LogP contribution is -2.38. The van der Waals surface area contributed by atoms with Crippen LogP contribution in [0.3, 0.4) is 0 Å². The molecule has 1 unspecified atom stereocenters.